The Morgan fingerprint density at radius 1 is 1.21 bits per heavy atom. The van der Waals surface area contributed by atoms with Crippen molar-refractivity contribution in [1.82, 2.24) is 0 Å². The SMILES string of the molecule is Cc1ccc(NC(=O)C(N)=O)cc1.Cl. The first-order chi connectivity index (χ1) is 6.09. The molecule has 0 aliphatic carbocycles. The minimum absolute atomic E-state index is 0. The largest absolute Gasteiger partial charge is 0.361 e. The first kappa shape index (κ1) is 12.4. The monoisotopic (exact) mass is 214 g/mol. The maximum atomic E-state index is 10.8. The third-order valence-corrected chi connectivity index (χ3v) is 1.53. The van der Waals surface area contributed by atoms with E-state index in [1.165, 1.54) is 0 Å². The Morgan fingerprint density at radius 3 is 2.14 bits per heavy atom. The summed E-state index contributed by atoms with van der Waals surface area (Å²) in [6.07, 6.45) is 0. The molecular formula is C9H11ClN2O2. The zero-order valence-corrected chi connectivity index (χ0v) is 8.43. The number of hydrogen-bond acceptors (Lipinski definition) is 2. The van der Waals surface area contributed by atoms with Crippen molar-refractivity contribution >= 4 is 29.9 Å². The second-order valence-corrected chi connectivity index (χ2v) is 2.68. The Morgan fingerprint density at radius 2 is 1.71 bits per heavy atom. The molecule has 4 nitrogen and oxygen atoms in total. The lowest BCUT2D eigenvalue weighted by Gasteiger charge is -2.01. The highest BCUT2D eigenvalue weighted by Crippen LogP contribution is 2.07. The Bertz CT molecular complexity index is 335. The van der Waals surface area contributed by atoms with E-state index in [0.29, 0.717) is 5.69 Å². The van der Waals surface area contributed by atoms with E-state index in [9.17, 15) is 9.59 Å². The molecule has 0 heterocycles. The van der Waals surface area contributed by atoms with Crippen LogP contribution in [-0.4, -0.2) is 11.8 Å². The van der Waals surface area contributed by atoms with Gasteiger partial charge in [-0.05, 0) is 19.1 Å². The molecule has 5 heteroatoms. The van der Waals surface area contributed by atoms with Crippen LogP contribution in [0.3, 0.4) is 0 Å². The van der Waals surface area contributed by atoms with Gasteiger partial charge in [0.15, 0.2) is 0 Å². The molecule has 3 N–H and O–H groups in total. The third kappa shape index (κ3) is 3.45. The molecule has 0 aliphatic rings. The van der Waals surface area contributed by atoms with E-state index in [4.69, 9.17) is 5.73 Å². The standard InChI is InChI=1S/C9H10N2O2.ClH/c1-6-2-4-7(5-3-6)11-9(13)8(10)12;/h2-5H,1H3,(H2,10,12)(H,11,13);1H. The van der Waals surface area contributed by atoms with E-state index >= 15 is 0 Å². The minimum Gasteiger partial charge on any atom is -0.361 e. The molecule has 0 saturated heterocycles. The van der Waals surface area contributed by atoms with Crippen molar-refractivity contribution in [1.29, 1.82) is 0 Å². The average Bonchev–Trinajstić information content (AvgIpc) is 2.08. The first-order valence-electron chi connectivity index (χ1n) is 3.77. The molecular weight excluding hydrogens is 204 g/mol. The summed E-state index contributed by atoms with van der Waals surface area (Å²) in [4.78, 5) is 21.2. The molecule has 0 fully saturated rings. The molecule has 1 aromatic rings. The number of amides is 2. The van der Waals surface area contributed by atoms with Gasteiger partial charge in [-0.15, -0.1) is 12.4 Å². The lowest BCUT2D eigenvalue weighted by Crippen LogP contribution is -2.29. The molecule has 0 unspecified atom stereocenters. The lowest BCUT2D eigenvalue weighted by atomic mass is 10.2. The van der Waals surface area contributed by atoms with Crippen molar-refractivity contribution in [3.05, 3.63) is 29.8 Å². The average molecular weight is 215 g/mol. The molecule has 1 rings (SSSR count). The molecule has 0 aromatic heterocycles. The topological polar surface area (TPSA) is 72.2 Å². The highest BCUT2D eigenvalue weighted by atomic mass is 35.5. The summed E-state index contributed by atoms with van der Waals surface area (Å²) in [5.74, 6) is -1.79. The van der Waals surface area contributed by atoms with Crippen LogP contribution in [0.25, 0.3) is 0 Å². The molecule has 0 radical (unpaired) electrons. The predicted octanol–water partition coefficient (Wildman–Crippen LogP) is 0.841. The lowest BCUT2D eigenvalue weighted by molar-refractivity contribution is -0.134. The van der Waals surface area contributed by atoms with Gasteiger partial charge in [-0.3, -0.25) is 9.59 Å². The molecule has 2 amide bonds. The second-order valence-electron chi connectivity index (χ2n) is 2.68. The Labute approximate surface area is 87.9 Å². The molecule has 0 atom stereocenters. The van der Waals surface area contributed by atoms with Gasteiger partial charge in [-0.1, -0.05) is 17.7 Å². The normalized spacial score (nSPS) is 8.64. The van der Waals surface area contributed by atoms with E-state index < -0.39 is 11.8 Å². The van der Waals surface area contributed by atoms with Gasteiger partial charge in [0.1, 0.15) is 0 Å². The molecule has 0 bridgehead atoms. The van der Waals surface area contributed by atoms with E-state index in [1.807, 2.05) is 19.1 Å². The Balaban J connectivity index is 0.00000169. The molecule has 0 aliphatic heterocycles. The minimum atomic E-state index is -0.986. The number of rotatable bonds is 1. The zero-order chi connectivity index (χ0) is 9.84. The van der Waals surface area contributed by atoms with Crippen LogP contribution in [-0.2, 0) is 9.59 Å². The summed E-state index contributed by atoms with van der Waals surface area (Å²) in [7, 11) is 0. The second kappa shape index (κ2) is 5.24. The summed E-state index contributed by atoms with van der Waals surface area (Å²) < 4.78 is 0. The Hall–Kier alpha value is -1.55. The van der Waals surface area contributed by atoms with E-state index in [-0.39, 0.29) is 12.4 Å². The quantitative estimate of drug-likeness (QED) is 0.680. The van der Waals surface area contributed by atoms with E-state index in [0.717, 1.165) is 5.56 Å². The first-order valence-corrected chi connectivity index (χ1v) is 3.77. The van der Waals surface area contributed by atoms with E-state index in [2.05, 4.69) is 5.32 Å². The van der Waals surface area contributed by atoms with Crippen LogP contribution in [0.4, 0.5) is 5.69 Å². The van der Waals surface area contributed by atoms with Gasteiger partial charge in [0.05, 0.1) is 0 Å². The fraction of sp³-hybridized carbons (Fsp3) is 0.111. The number of primary amides is 1. The van der Waals surface area contributed by atoms with Gasteiger partial charge >= 0.3 is 11.8 Å². The van der Waals surface area contributed by atoms with Crippen molar-refractivity contribution in [2.24, 2.45) is 5.73 Å². The summed E-state index contributed by atoms with van der Waals surface area (Å²) in [6, 6.07) is 7.07. The van der Waals surface area contributed by atoms with Crippen LogP contribution in [0.5, 0.6) is 0 Å². The van der Waals surface area contributed by atoms with Gasteiger partial charge in [-0.25, -0.2) is 0 Å². The third-order valence-electron chi connectivity index (χ3n) is 1.53. The predicted molar refractivity (Wildman–Crippen MR) is 56.3 cm³/mol. The van der Waals surface area contributed by atoms with Crippen molar-refractivity contribution in [2.75, 3.05) is 5.32 Å². The number of nitrogens with one attached hydrogen (secondary N) is 1. The number of anilines is 1. The summed E-state index contributed by atoms with van der Waals surface area (Å²) in [5, 5.41) is 2.36. The fourth-order valence-electron chi connectivity index (χ4n) is 0.830. The highest BCUT2D eigenvalue weighted by Gasteiger charge is 2.07. The van der Waals surface area contributed by atoms with Gasteiger partial charge in [0.2, 0.25) is 0 Å². The molecule has 0 spiro atoms. The van der Waals surface area contributed by atoms with Gasteiger partial charge in [0.25, 0.3) is 0 Å². The molecule has 14 heavy (non-hydrogen) atoms. The number of halogens is 1. The number of benzene rings is 1. The summed E-state index contributed by atoms with van der Waals surface area (Å²) >= 11 is 0. The number of hydrogen-bond donors (Lipinski definition) is 2. The van der Waals surface area contributed by atoms with Crippen molar-refractivity contribution < 1.29 is 9.59 Å². The number of nitrogens with two attached hydrogens (primary N) is 1. The van der Waals surface area contributed by atoms with Gasteiger partial charge < -0.3 is 11.1 Å². The summed E-state index contributed by atoms with van der Waals surface area (Å²) in [5.41, 5.74) is 6.41. The van der Waals surface area contributed by atoms with Crippen LogP contribution in [0.15, 0.2) is 24.3 Å². The smallest absolute Gasteiger partial charge is 0.313 e. The number of carbonyl (C=O) groups is 2. The maximum absolute atomic E-state index is 10.8. The number of aryl methyl sites for hydroxylation is 1. The molecule has 1 aromatic carbocycles. The van der Waals surface area contributed by atoms with Gasteiger partial charge in [0, 0.05) is 5.69 Å². The van der Waals surface area contributed by atoms with Crippen molar-refractivity contribution in [3.63, 3.8) is 0 Å². The van der Waals surface area contributed by atoms with E-state index in [1.54, 1.807) is 12.1 Å². The fourth-order valence-corrected chi connectivity index (χ4v) is 0.830. The van der Waals surface area contributed by atoms with Crippen molar-refractivity contribution in [2.45, 2.75) is 6.92 Å². The Kier molecular flexibility index (Phi) is 4.66. The number of carbonyl (C=O) groups excluding carboxylic acids is 2. The molecule has 76 valence electrons. The van der Waals surface area contributed by atoms with Crippen LogP contribution in [0.1, 0.15) is 5.56 Å². The highest BCUT2D eigenvalue weighted by molar-refractivity contribution is 6.39. The van der Waals surface area contributed by atoms with Gasteiger partial charge in [-0.2, -0.15) is 0 Å². The zero-order valence-electron chi connectivity index (χ0n) is 7.61. The molecule has 0 saturated carbocycles. The summed E-state index contributed by atoms with van der Waals surface area (Å²) in [6.45, 7) is 1.93. The van der Waals surface area contributed by atoms with Crippen LogP contribution in [0.2, 0.25) is 0 Å². The van der Waals surface area contributed by atoms with Crippen LogP contribution >= 0.6 is 12.4 Å². The van der Waals surface area contributed by atoms with Crippen LogP contribution < -0.4 is 11.1 Å². The maximum Gasteiger partial charge on any atom is 0.313 e. The van der Waals surface area contributed by atoms with Crippen LogP contribution in [0, 0.1) is 6.92 Å². The van der Waals surface area contributed by atoms with Crippen molar-refractivity contribution in [3.8, 4) is 0 Å².